The molecule has 1 amide bonds. The van der Waals surface area contributed by atoms with Crippen LogP contribution in [0.1, 0.15) is 20.9 Å². The topological polar surface area (TPSA) is 51.2 Å². The number of nitrogens with zero attached hydrogens (tertiary/aromatic N) is 1. The van der Waals surface area contributed by atoms with Gasteiger partial charge in [-0.05, 0) is 43.7 Å². The molecule has 25 heavy (non-hydrogen) atoms. The van der Waals surface area contributed by atoms with Crippen LogP contribution in [0.5, 0.6) is 5.75 Å². The molecule has 0 unspecified atom stereocenters. The first-order chi connectivity index (χ1) is 12.0. The van der Waals surface area contributed by atoms with Gasteiger partial charge < -0.3 is 10.1 Å². The molecule has 0 saturated carbocycles. The van der Waals surface area contributed by atoms with Crippen molar-refractivity contribution >= 4 is 34.5 Å². The van der Waals surface area contributed by atoms with Crippen LogP contribution in [0.4, 0.5) is 5.69 Å². The normalized spacial score (nSPS) is 10.6. The quantitative estimate of drug-likeness (QED) is 0.672. The van der Waals surface area contributed by atoms with Crippen molar-refractivity contribution in [3.63, 3.8) is 0 Å². The fourth-order valence-electron chi connectivity index (χ4n) is 2.45. The maximum Gasteiger partial charge on any atom is 0.267 e. The number of methoxy groups -OCH3 is 1. The summed E-state index contributed by atoms with van der Waals surface area (Å²) in [7, 11) is 1.58. The molecule has 0 saturated heterocycles. The number of carbonyl (C=O) groups excluding carboxylic acids is 1. The van der Waals surface area contributed by atoms with Gasteiger partial charge in [0.05, 0.1) is 18.5 Å². The van der Waals surface area contributed by atoms with Crippen LogP contribution in [0.3, 0.4) is 0 Å². The molecule has 0 spiro atoms. The minimum atomic E-state index is -0.202. The van der Waals surface area contributed by atoms with E-state index >= 15 is 0 Å². The van der Waals surface area contributed by atoms with Crippen LogP contribution in [-0.4, -0.2) is 18.0 Å². The van der Waals surface area contributed by atoms with Crippen LogP contribution in [0.15, 0.2) is 42.5 Å². The monoisotopic (exact) mass is 372 g/mol. The molecule has 1 N–H and O–H groups in total. The van der Waals surface area contributed by atoms with Crippen molar-refractivity contribution in [3.05, 3.63) is 63.6 Å². The van der Waals surface area contributed by atoms with E-state index < -0.39 is 0 Å². The summed E-state index contributed by atoms with van der Waals surface area (Å²) in [4.78, 5) is 17.8. The van der Waals surface area contributed by atoms with Gasteiger partial charge in [0.2, 0.25) is 0 Å². The lowest BCUT2D eigenvalue weighted by Gasteiger charge is -2.10. The van der Waals surface area contributed by atoms with Crippen molar-refractivity contribution in [1.29, 1.82) is 0 Å². The standard InChI is InChI=1S/C19H17ClN2O2S/c1-11-7-8-16(24-3)15(9-11)22-18(23)17-12(2)21-19(25-17)13-5-4-6-14(20)10-13/h4-10H,1-3H3,(H,22,23). The zero-order valence-electron chi connectivity index (χ0n) is 14.1. The number of aromatic nitrogens is 1. The molecule has 6 heteroatoms. The molecular weight excluding hydrogens is 356 g/mol. The Morgan fingerprint density at radius 1 is 1.20 bits per heavy atom. The van der Waals surface area contributed by atoms with Crippen molar-refractivity contribution in [2.75, 3.05) is 12.4 Å². The van der Waals surface area contributed by atoms with E-state index in [1.807, 2.05) is 56.3 Å². The van der Waals surface area contributed by atoms with Crippen LogP contribution in [0.2, 0.25) is 5.02 Å². The highest BCUT2D eigenvalue weighted by Gasteiger charge is 2.18. The first-order valence-corrected chi connectivity index (χ1v) is 8.86. The lowest BCUT2D eigenvalue weighted by Crippen LogP contribution is -2.12. The third kappa shape index (κ3) is 3.83. The highest BCUT2D eigenvalue weighted by atomic mass is 35.5. The molecule has 2 aromatic carbocycles. The van der Waals surface area contributed by atoms with Crippen molar-refractivity contribution in [3.8, 4) is 16.3 Å². The van der Waals surface area contributed by atoms with E-state index in [2.05, 4.69) is 10.3 Å². The van der Waals surface area contributed by atoms with Gasteiger partial charge in [0.15, 0.2) is 0 Å². The van der Waals surface area contributed by atoms with Crippen molar-refractivity contribution in [2.45, 2.75) is 13.8 Å². The molecule has 1 aromatic heterocycles. The third-order valence-electron chi connectivity index (χ3n) is 3.68. The van der Waals surface area contributed by atoms with E-state index in [0.29, 0.717) is 27.0 Å². The predicted molar refractivity (Wildman–Crippen MR) is 103 cm³/mol. The fourth-order valence-corrected chi connectivity index (χ4v) is 3.60. The van der Waals surface area contributed by atoms with Gasteiger partial charge in [0.25, 0.3) is 5.91 Å². The van der Waals surface area contributed by atoms with E-state index in [0.717, 1.165) is 16.1 Å². The van der Waals surface area contributed by atoms with Gasteiger partial charge in [-0.1, -0.05) is 29.8 Å². The smallest absolute Gasteiger partial charge is 0.267 e. The summed E-state index contributed by atoms with van der Waals surface area (Å²) in [6, 6.07) is 13.1. The SMILES string of the molecule is COc1ccc(C)cc1NC(=O)c1sc(-c2cccc(Cl)c2)nc1C. The second kappa shape index (κ2) is 7.25. The van der Waals surface area contributed by atoms with Gasteiger partial charge in [-0.25, -0.2) is 4.98 Å². The molecule has 1 heterocycles. The Bertz CT molecular complexity index is 937. The van der Waals surface area contributed by atoms with Crippen LogP contribution in [0.25, 0.3) is 10.6 Å². The summed E-state index contributed by atoms with van der Waals surface area (Å²) >= 11 is 7.39. The second-order valence-corrected chi connectivity index (χ2v) is 7.04. The number of anilines is 1. The molecule has 0 aliphatic heterocycles. The van der Waals surface area contributed by atoms with E-state index in [1.165, 1.54) is 11.3 Å². The highest BCUT2D eigenvalue weighted by Crippen LogP contribution is 2.31. The van der Waals surface area contributed by atoms with Gasteiger partial charge >= 0.3 is 0 Å². The van der Waals surface area contributed by atoms with Gasteiger partial charge in [0.1, 0.15) is 15.6 Å². The Hall–Kier alpha value is -2.37. The molecule has 4 nitrogen and oxygen atoms in total. The number of nitrogens with one attached hydrogen (secondary N) is 1. The van der Waals surface area contributed by atoms with Crippen LogP contribution >= 0.6 is 22.9 Å². The number of halogens is 1. The van der Waals surface area contributed by atoms with Gasteiger partial charge in [-0.2, -0.15) is 0 Å². The zero-order valence-corrected chi connectivity index (χ0v) is 15.7. The van der Waals surface area contributed by atoms with Crippen molar-refractivity contribution in [2.24, 2.45) is 0 Å². The van der Waals surface area contributed by atoms with E-state index in [4.69, 9.17) is 16.3 Å². The maximum atomic E-state index is 12.7. The molecule has 0 aliphatic rings. The first-order valence-electron chi connectivity index (χ1n) is 7.67. The number of ether oxygens (including phenoxy) is 1. The number of hydrogen-bond acceptors (Lipinski definition) is 4. The Kier molecular flexibility index (Phi) is 5.06. The minimum Gasteiger partial charge on any atom is -0.495 e. The van der Waals surface area contributed by atoms with E-state index in [-0.39, 0.29) is 5.91 Å². The largest absolute Gasteiger partial charge is 0.495 e. The number of amides is 1. The van der Waals surface area contributed by atoms with Crippen LogP contribution < -0.4 is 10.1 Å². The molecule has 3 aromatic rings. The van der Waals surface area contributed by atoms with Gasteiger partial charge in [-0.3, -0.25) is 4.79 Å². The fraction of sp³-hybridized carbons (Fsp3) is 0.158. The Labute approximate surface area is 155 Å². The van der Waals surface area contributed by atoms with E-state index in [9.17, 15) is 4.79 Å². The Balaban J connectivity index is 1.90. The third-order valence-corrected chi connectivity index (χ3v) is 5.12. The zero-order chi connectivity index (χ0) is 18.0. The highest BCUT2D eigenvalue weighted by molar-refractivity contribution is 7.17. The number of aryl methyl sites for hydroxylation is 2. The number of hydrogen-bond donors (Lipinski definition) is 1. The summed E-state index contributed by atoms with van der Waals surface area (Å²) < 4.78 is 5.31. The second-order valence-electron chi connectivity index (χ2n) is 5.60. The summed E-state index contributed by atoms with van der Waals surface area (Å²) in [6.45, 7) is 3.79. The summed E-state index contributed by atoms with van der Waals surface area (Å²) in [5, 5.41) is 4.32. The number of carbonyl (C=O) groups is 1. The summed E-state index contributed by atoms with van der Waals surface area (Å²) in [5.41, 5.74) is 3.26. The Morgan fingerprint density at radius 2 is 2.00 bits per heavy atom. The lowest BCUT2D eigenvalue weighted by molar-refractivity contribution is 0.102. The lowest BCUT2D eigenvalue weighted by atomic mass is 10.2. The van der Waals surface area contributed by atoms with Crippen LogP contribution in [0, 0.1) is 13.8 Å². The number of thiazole rings is 1. The molecule has 0 atom stereocenters. The molecule has 0 fully saturated rings. The van der Waals surface area contributed by atoms with Crippen molar-refractivity contribution < 1.29 is 9.53 Å². The number of rotatable bonds is 4. The van der Waals surface area contributed by atoms with Crippen molar-refractivity contribution in [1.82, 2.24) is 4.98 Å². The van der Waals surface area contributed by atoms with Gasteiger partial charge in [0, 0.05) is 10.6 Å². The Morgan fingerprint density at radius 3 is 2.72 bits per heavy atom. The minimum absolute atomic E-state index is 0.202. The molecule has 0 radical (unpaired) electrons. The first kappa shape index (κ1) is 17.5. The molecule has 128 valence electrons. The van der Waals surface area contributed by atoms with Crippen LogP contribution in [-0.2, 0) is 0 Å². The molecule has 0 aliphatic carbocycles. The molecular formula is C19H17ClN2O2S. The maximum absolute atomic E-state index is 12.7. The summed E-state index contributed by atoms with van der Waals surface area (Å²) in [5.74, 6) is 0.420. The molecule has 0 bridgehead atoms. The van der Waals surface area contributed by atoms with E-state index in [1.54, 1.807) is 7.11 Å². The average molecular weight is 373 g/mol. The predicted octanol–water partition coefficient (Wildman–Crippen LogP) is 5.34. The molecule has 3 rings (SSSR count). The number of benzene rings is 2. The summed E-state index contributed by atoms with van der Waals surface area (Å²) in [6.07, 6.45) is 0. The average Bonchev–Trinajstić information content (AvgIpc) is 2.97. The van der Waals surface area contributed by atoms with Gasteiger partial charge in [-0.15, -0.1) is 11.3 Å².